The number of allylic oxidation sites excluding steroid dienone is 1. The van der Waals surface area contributed by atoms with Crippen molar-refractivity contribution in [3.05, 3.63) is 65.1 Å². The van der Waals surface area contributed by atoms with E-state index in [2.05, 4.69) is 15.3 Å². The van der Waals surface area contributed by atoms with Crippen LogP contribution in [0.1, 0.15) is 21.6 Å². The zero-order valence-electron chi connectivity index (χ0n) is 13.5. The predicted octanol–water partition coefficient (Wildman–Crippen LogP) is 2.96. The summed E-state index contributed by atoms with van der Waals surface area (Å²) in [6, 6.07) is 8.60. The fourth-order valence-corrected chi connectivity index (χ4v) is 2.89. The van der Waals surface area contributed by atoms with E-state index in [-0.39, 0.29) is 11.5 Å². The third-order valence-electron chi connectivity index (χ3n) is 4.16. The Hall–Kier alpha value is -3.35. The number of hydrogen-bond acceptors (Lipinski definition) is 5. The first-order valence-electron chi connectivity index (χ1n) is 7.58. The minimum Gasteiger partial charge on any atom is -0.493 e. The van der Waals surface area contributed by atoms with Gasteiger partial charge in [-0.3, -0.25) is 4.79 Å². The SMILES string of the molecule is COC1=Cc2cc(-c3nnn(-c4cccnc4F)c3C)ccc2C1=O. The molecule has 7 heteroatoms. The number of fused-ring (bicyclic) bond motifs is 1. The Kier molecular flexibility index (Phi) is 3.42. The molecule has 0 amide bonds. The van der Waals surface area contributed by atoms with E-state index in [1.54, 1.807) is 37.3 Å². The molecule has 0 unspecified atom stereocenters. The first-order valence-corrected chi connectivity index (χ1v) is 7.58. The highest BCUT2D eigenvalue weighted by Crippen LogP contribution is 2.31. The molecular formula is C18H13FN4O2. The summed E-state index contributed by atoms with van der Waals surface area (Å²) in [5.41, 5.74) is 3.65. The van der Waals surface area contributed by atoms with Crippen molar-refractivity contribution in [2.45, 2.75) is 6.92 Å². The van der Waals surface area contributed by atoms with Crippen molar-refractivity contribution in [1.29, 1.82) is 0 Å². The van der Waals surface area contributed by atoms with Crippen molar-refractivity contribution >= 4 is 11.9 Å². The van der Waals surface area contributed by atoms with Crippen LogP contribution in [-0.2, 0) is 4.74 Å². The van der Waals surface area contributed by atoms with Crippen LogP contribution in [0.15, 0.2) is 42.3 Å². The Labute approximate surface area is 142 Å². The van der Waals surface area contributed by atoms with Gasteiger partial charge in [-0.15, -0.1) is 5.10 Å². The molecule has 4 rings (SSSR count). The van der Waals surface area contributed by atoms with Crippen LogP contribution in [0.4, 0.5) is 4.39 Å². The van der Waals surface area contributed by atoms with Gasteiger partial charge in [-0.25, -0.2) is 9.67 Å². The molecule has 0 atom stereocenters. The fraction of sp³-hybridized carbons (Fsp3) is 0.111. The maximum atomic E-state index is 13.9. The lowest BCUT2D eigenvalue weighted by Gasteiger charge is -2.05. The molecule has 3 aromatic rings. The number of carbonyl (C=O) groups excluding carboxylic acids is 1. The Morgan fingerprint density at radius 1 is 1.24 bits per heavy atom. The summed E-state index contributed by atoms with van der Waals surface area (Å²) in [5.74, 6) is -0.443. The van der Waals surface area contributed by atoms with Gasteiger partial charge in [-0.05, 0) is 42.8 Å². The third-order valence-corrected chi connectivity index (χ3v) is 4.16. The topological polar surface area (TPSA) is 69.9 Å². The maximum absolute atomic E-state index is 13.9. The minimum absolute atomic E-state index is 0.137. The summed E-state index contributed by atoms with van der Waals surface area (Å²) in [4.78, 5) is 15.7. The van der Waals surface area contributed by atoms with Crippen LogP contribution in [0.5, 0.6) is 0 Å². The largest absolute Gasteiger partial charge is 0.493 e. The monoisotopic (exact) mass is 336 g/mol. The second-order valence-electron chi connectivity index (χ2n) is 5.59. The molecule has 124 valence electrons. The van der Waals surface area contributed by atoms with Gasteiger partial charge in [0.2, 0.25) is 11.7 Å². The Morgan fingerprint density at radius 3 is 2.84 bits per heavy atom. The van der Waals surface area contributed by atoms with Crippen molar-refractivity contribution in [2.24, 2.45) is 0 Å². The number of methoxy groups -OCH3 is 1. The number of Topliss-reactive ketones (excluding diaryl/α,β-unsaturated/α-hetero) is 1. The fourth-order valence-electron chi connectivity index (χ4n) is 2.89. The van der Waals surface area contributed by atoms with Crippen molar-refractivity contribution in [2.75, 3.05) is 7.11 Å². The van der Waals surface area contributed by atoms with Crippen molar-refractivity contribution in [1.82, 2.24) is 20.0 Å². The van der Waals surface area contributed by atoms with Crippen molar-refractivity contribution < 1.29 is 13.9 Å². The number of carbonyl (C=O) groups is 1. The van der Waals surface area contributed by atoms with Gasteiger partial charge in [0.25, 0.3) is 0 Å². The molecule has 1 aliphatic carbocycles. The van der Waals surface area contributed by atoms with Crippen LogP contribution in [0.25, 0.3) is 23.0 Å². The standard InChI is InChI=1S/C18H13FN4O2/c1-10-16(21-22-23(10)14-4-3-7-20-18(14)19)11-5-6-13-12(8-11)9-15(25-2)17(13)24/h3-9H,1-2H3. The molecule has 0 radical (unpaired) electrons. The minimum atomic E-state index is -0.616. The zero-order valence-corrected chi connectivity index (χ0v) is 13.5. The van der Waals surface area contributed by atoms with Gasteiger partial charge < -0.3 is 4.74 Å². The van der Waals surface area contributed by atoms with Crippen LogP contribution < -0.4 is 0 Å². The molecule has 1 aliphatic rings. The summed E-state index contributed by atoms with van der Waals surface area (Å²) in [6.45, 7) is 1.80. The lowest BCUT2D eigenvalue weighted by Crippen LogP contribution is -2.03. The summed E-state index contributed by atoms with van der Waals surface area (Å²) in [7, 11) is 1.47. The second-order valence-corrected chi connectivity index (χ2v) is 5.59. The number of halogens is 1. The Morgan fingerprint density at radius 2 is 2.08 bits per heavy atom. The maximum Gasteiger partial charge on any atom is 0.238 e. The van der Waals surface area contributed by atoms with E-state index in [9.17, 15) is 9.18 Å². The van der Waals surface area contributed by atoms with E-state index < -0.39 is 5.95 Å². The number of nitrogens with zero attached hydrogens (tertiary/aromatic N) is 4. The number of ketones is 1. The molecule has 0 aliphatic heterocycles. The smallest absolute Gasteiger partial charge is 0.238 e. The number of aromatic nitrogens is 4. The Balaban J connectivity index is 1.79. The molecule has 6 nitrogen and oxygen atoms in total. The van der Waals surface area contributed by atoms with Gasteiger partial charge in [-0.2, -0.15) is 4.39 Å². The summed E-state index contributed by atoms with van der Waals surface area (Å²) < 4.78 is 20.4. The first kappa shape index (κ1) is 15.2. The van der Waals surface area contributed by atoms with Gasteiger partial charge in [0.1, 0.15) is 11.4 Å². The van der Waals surface area contributed by atoms with Gasteiger partial charge >= 0.3 is 0 Å². The molecule has 0 fully saturated rings. The molecule has 0 spiro atoms. The molecule has 0 N–H and O–H groups in total. The van der Waals surface area contributed by atoms with E-state index in [0.717, 1.165) is 11.1 Å². The summed E-state index contributed by atoms with van der Waals surface area (Å²) >= 11 is 0. The number of pyridine rings is 1. The quantitative estimate of drug-likeness (QED) is 0.688. The normalized spacial score (nSPS) is 12.9. The molecule has 1 aromatic carbocycles. The predicted molar refractivity (Wildman–Crippen MR) is 88.6 cm³/mol. The van der Waals surface area contributed by atoms with E-state index in [1.807, 2.05) is 6.07 Å². The average Bonchev–Trinajstić information content (AvgIpc) is 3.15. The average molecular weight is 336 g/mol. The van der Waals surface area contributed by atoms with Crippen LogP contribution >= 0.6 is 0 Å². The van der Waals surface area contributed by atoms with Crippen molar-refractivity contribution in [3.63, 3.8) is 0 Å². The van der Waals surface area contributed by atoms with E-state index in [1.165, 1.54) is 18.0 Å². The van der Waals surface area contributed by atoms with Gasteiger partial charge in [0.15, 0.2) is 5.76 Å². The molecular weight excluding hydrogens is 323 g/mol. The lowest BCUT2D eigenvalue weighted by molar-refractivity contribution is 0.0962. The van der Waals surface area contributed by atoms with Crippen LogP contribution in [0.2, 0.25) is 0 Å². The number of benzene rings is 1. The van der Waals surface area contributed by atoms with E-state index >= 15 is 0 Å². The van der Waals surface area contributed by atoms with Gasteiger partial charge in [0, 0.05) is 17.3 Å². The molecule has 0 saturated carbocycles. The third kappa shape index (κ3) is 2.32. The highest BCUT2D eigenvalue weighted by molar-refractivity contribution is 6.16. The van der Waals surface area contributed by atoms with E-state index in [4.69, 9.17) is 4.74 Å². The molecule has 0 saturated heterocycles. The van der Waals surface area contributed by atoms with Crippen LogP contribution in [0, 0.1) is 12.9 Å². The van der Waals surface area contributed by atoms with Gasteiger partial charge in [0.05, 0.1) is 12.8 Å². The Bertz CT molecular complexity index is 1040. The highest BCUT2D eigenvalue weighted by Gasteiger charge is 2.24. The second kappa shape index (κ2) is 5.62. The molecule has 2 heterocycles. The van der Waals surface area contributed by atoms with Crippen molar-refractivity contribution in [3.8, 4) is 16.9 Å². The molecule has 2 aromatic heterocycles. The summed E-state index contributed by atoms with van der Waals surface area (Å²) in [5, 5.41) is 8.21. The number of rotatable bonds is 3. The first-order chi connectivity index (χ1) is 12.1. The van der Waals surface area contributed by atoms with Crippen LogP contribution in [-0.4, -0.2) is 32.9 Å². The number of hydrogen-bond donors (Lipinski definition) is 0. The lowest BCUT2D eigenvalue weighted by atomic mass is 10.0. The number of ether oxygens (including phenoxy) is 1. The van der Waals surface area contributed by atoms with Gasteiger partial charge in [-0.1, -0.05) is 11.3 Å². The molecule has 25 heavy (non-hydrogen) atoms. The van der Waals surface area contributed by atoms with Crippen LogP contribution in [0.3, 0.4) is 0 Å². The highest BCUT2D eigenvalue weighted by atomic mass is 19.1. The summed E-state index contributed by atoms with van der Waals surface area (Å²) in [6.07, 6.45) is 3.07. The molecule has 0 bridgehead atoms. The van der Waals surface area contributed by atoms with E-state index in [0.29, 0.717) is 22.7 Å². The zero-order chi connectivity index (χ0) is 17.6.